The second kappa shape index (κ2) is 10.7. The predicted octanol–water partition coefficient (Wildman–Crippen LogP) is 0.799. The lowest BCUT2D eigenvalue weighted by Crippen LogP contribution is -2.42. The van der Waals surface area contributed by atoms with Crippen LogP contribution >= 0.6 is 24.0 Å². The maximum absolute atomic E-state index is 11.9. The molecule has 22 heavy (non-hydrogen) atoms. The summed E-state index contributed by atoms with van der Waals surface area (Å²) in [6.45, 7) is 5.71. The quantitative estimate of drug-likeness (QED) is 0.252. The van der Waals surface area contributed by atoms with Crippen LogP contribution in [0.1, 0.15) is 13.8 Å². The van der Waals surface area contributed by atoms with E-state index in [2.05, 4.69) is 39.2 Å². The number of aromatic nitrogens is 1. The molecule has 0 spiro atoms. The number of hydrogen-bond acceptors (Lipinski definition) is 4. The van der Waals surface area contributed by atoms with Gasteiger partial charge in [-0.1, -0.05) is 13.8 Å². The highest BCUT2D eigenvalue weighted by Crippen LogP contribution is 2.04. The third-order valence-electron chi connectivity index (χ3n) is 2.56. The Morgan fingerprint density at radius 2 is 2.05 bits per heavy atom. The number of aliphatic imine (C=N–C) groups is 1. The molecule has 0 aliphatic carbocycles. The maximum Gasteiger partial charge on any atom is 0.242 e. The summed E-state index contributed by atoms with van der Waals surface area (Å²) in [5.74, 6) is 1.16. The molecule has 1 aromatic heterocycles. The van der Waals surface area contributed by atoms with Crippen molar-refractivity contribution in [2.45, 2.75) is 18.7 Å². The molecule has 1 heterocycles. The van der Waals surface area contributed by atoms with Crippen LogP contribution in [0.3, 0.4) is 0 Å². The number of pyridine rings is 1. The van der Waals surface area contributed by atoms with E-state index in [4.69, 9.17) is 0 Å². The summed E-state index contributed by atoms with van der Waals surface area (Å²) < 4.78 is 26.4. The van der Waals surface area contributed by atoms with Crippen LogP contribution in [-0.2, 0) is 10.0 Å². The van der Waals surface area contributed by atoms with E-state index in [1.165, 1.54) is 18.5 Å². The van der Waals surface area contributed by atoms with E-state index in [-0.39, 0.29) is 35.4 Å². The van der Waals surface area contributed by atoms with Gasteiger partial charge in [0, 0.05) is 39.1 Å². The molecule has 0 aliphatic heterocycles. The first kappa shape index (κ1) is 21.1. The Kier molecular flexibility index (Phi) is 10.3. The van der Waals surface area contributed by atoms with E-state index in [0.29, 0.717) is 18.4 Å². The zero-order valence-corrected chi connectivity index (χ0v) is 16.2. The summed E-state index contributed by atoms with van der Waals surface area (Å²) in [7, 11) is -1.83. The summed E-state index contributed by atoms with van der Waals surface area (Å²) in [4.78, 5) is 8.02. The number of hydrogen-bond donors (Lipinski definition) is 3. The van der Waals surface area contributed by atoms with Crippen LogP contribution in [0.4, 0.5) is 0 Å². The maximum atomic E-state index is 11.9. The first-order valence-electron chi connectivity index (χ1n) is 6.80. The van der Waals surface area contributed by atoms with Crippen molar-refractivity contribution in [1.29, 1.82) is 0 Å². The van der Waals surface area contributed by atoms with Gasteiger partial charge in [0.05, 0.1) is 0 Å². The zero-order valence-electron chi connectivity index (χ0n) is 13.0. The van der Waals surface area contributed by atoms with Crippen LogP contribution in [0.2, 0.25) is 0 Å². The fourth-order valence-electron chi connectivity index (χ4n) is 1.48. The standard InChI is InChI=1S/C13H23N5O2S.HI/c1-11(2)9-17-13(14-3)16-7-8-18-21(19,20)12-5-4-6-15-10-12;/h4-6,10-11,18H,7-9H2,1-3H3,(H2,14,16,17);1H. The zero-order chi connectivity index (χ0) is 15.7. The lowest BCUT2D eigenvalue weighted by molar-refractivity contribution is 0.579. The molecule has 126 valence electrons. The van der Waals surface area contributed by atoms with Gasteiger partial charge < -0.3 is 10.6 Å². The Balaban J connectivity index is 0.00000441. The van der Waals surface area contributed by atoms with Crippen LogP contribution < -0.4 is 15.4 Å². The number of nitrogens with one attached hydrogen (secondary N) is 3. The van der Waals surface area contributed by atoms with Gasteiger partial charge in [0.2, 0.25) is 10.0 Å². The van der Waals surface area contributed by atoms with Gasteiger partial charge in [-0.3, -0.25) is 9.98 Å². The third kappa shape index (κ3) is 7.90. The first-order valence-corrected chi connectivity index (χ1v) is 8.28. The monoisotopic (exact) mass is 441 g/mol. The molecule has 0 aliphatic rings. The topological polar surface area (TPSA) is 95.5 Å². The second-order valence-electron chi connectivity index (χ2n) is 4.86. The van der Waals surface area contributed by atoms with Gasteiger partial charge >= 0.3 is 0 Å². The molecule has 1 rings (SSSR count). The molecule has 0 amide bonds. The van der Waals surface area contributed by atoms with Crippen molar-refractivity contribution < 1.29 is 8.42 Å². The summed E-state index contributed by atoms with van der Waals surface area (Å²) in [6.07, 6.45) is 2.85. The summed E-state index contributed by atoms with van der Waals surface area (Å²) in [6, 6.07) is 3.09. The molecule has 1 aromatic rings. The van der Waals surface area contributed by atoms with Gasteiger partial charge in [0.1, 0.15) is 4.90 Å². The smallest absolute Gasteiger partial charge is 0.242 e. The highest BCUT2D eigenvalue weighted by atomic mass is 127. The van der Waals surface area contributed by atoms with Crippen LogP contribution in [0.5, 0.6) is 0 Å². The predicted molar refractivity (Wildman–Crippen MR) is 99.0 cm³/mol. The largest absolute Gasteiger partial charge is 0.356 e. The van der Waals surface area contributed by atoms with E-state index >= 15 is 0 Å². The van der Waals surface area contributed by atoms with Crippen molar-refractivity contribution >= 4 is 40.0 Å². The van der Waals surface area contributed by atoms with Gasteiger partial charge in [-0.25, -0.2) is 13.1 Å². The second-order valence-corrected chi connectivity index (χ2v) is 6.63. The lowest BCUT2D eigenvalue weighted by Gasteiger charge is -2.13. The first-order chi connectivity index (χ1) is 9.95. The van der Waals surface area contributed by atoms with Crippen LogP contribution in [0.15, 0.2) is 34.4 Å². The number of rotatable bonds is 7. The number of nitrogens with zero attached hydrogens (tertiary/aromatic N) is 2. The summed E-state index contributed by atoms with van der Waals surface area (Å²) >= 11 is 0. The minimum absolute atomic E-state index is 0. The summed E-state index contributed by atoms with van der Waals surface area (Å²) in [5, 5.41) is 6.19. The average molecular weight is 441 g/mol. The fraction of sp³-hybridized carbons (Fsp3) is 0.538. The number of halogens is 1. The molecular weight excluding hydrogens is 417 g/mol. The van der Waals surface area contributed by atoms with Crippen molar-refractivity contribution in [1.82, 2.24) is 20.3 Å². The van der Waals surface area contributed by atoms with Crippen molar-refractivity contribution in [2.24, 2.45) is 10.9 Å². The molecule has 7 nitrogen and oxygen atoms in total. The number of guanidine groups is 1. The molecule has 0 fully saturated rings. The molecule has 3 N–H and O–H groups in total. The Morgan fingerprint density at radius 3 is 2.59 bits per heavy atom. The highest BCUT2D eigenvalue weighted by Gasteiger charge is 2.12. The van der Waals surface area contributed by atoms with Gasteiger partial charge in [0.25, 0.3) is 0 Å². The van der Waals surface area contributed by atoms with E-state index in [9.17, 15) is 8.42 Å². The molecular formula is C13H24IN5O2S. The summed E-state index contributed by atoms with van der Waals surface area (Å²) in [5.41, 5.74) is 0. The van der Waals surface area contributed by atoms with Crippen molar-refractivity contribution in [3.05, 3.63) is 24.5 Å². The molecule has 0 aromatic carbocycles. The molecule has 0 unspecified atom stereocenters. The minimum Gasteiger partial charge on any atom is -0.356 e. The van der Waals surface area contributed by atoms with E-state index in [1.54, 1.807) is 13.1 Å². The Bertz CT molecular complexity index is 549. The molecule has 0 bridgehead atoms. The SMILES string of the molecule is CN=C(NCCNS(=O)(=O)c1cccnc1)NCC(C)C.I. The molecule has 9 heteroatoms. The van der Waals surface area contributed by atoms with Gasteiger partial charge in [0.15, 0.2) is 5.96 Å². The Labute approximate surface area is 149 Å². The van der Waals surface area contributed by atoms with E-state index in [0.717, 1.165) is 6.54 Å². The molecule has 0 saturated heterocycles. The van der Waals surface area contributed by atoms with E-state index in [1.807, 2.05) is 0 Å². The van der Waals surface area contributed by atoms with Crippen LogP contribution in [0.25, 0.3) is 0 Å². The fourth-order valence-corrected chi connectivity index (χ4v) is 2.47. The van der Waals surface area contributed by atoms with Crippen molar-refractivity contribution in [3.8, 4) is 0 Å². The highest BCUT2D eigenvalue weighted by molar-refractivity contribution is 14.0. The van der Waals surface area contributed by atoms with Gasteiger partial charge in [-0.05, 0) is 18.1 Å². The van der Waals surface area contributed by atoms with Crippen molar-refractivity contribution in [3.63, 3.8) is 0 Å². The molecule has 0 atom stereocenters. The Hall–Kier alpha value is -0.940. The molecule has 0 saturated carbocycles. The van der Waals surface area contributed by atoms with E-state index < -0.39 is 10.0 Å². The van der Waals surface area contributed by atoms with Gasteiger partial charge in [-0.2, -0.15) is 0 Å². The van der Waals surface area contributed by atoms with Crippen LogP contribution in [0, 0.1) is 5.92 Å². The van der Waals surface area contributed by atoms with Crippen molar-refractivity contribution in [2.75, 3.05) is 26.7 Å². The number of sulfonamides is 1. The lowest BCUT2D eigenvalue weighted by atomic mass is 10.2. The third-order valence-corrected chi connectivity index (χ3v) is 4.00. The minimum atomic E-state index is -3.50. The Morgan fingerprint density at radius 1 is 1.32 bits per heavy atom. The molecule has 0 radical (unpaired) electrons. The van der Waals surface area contributed by atoms with Crippen LogP contribution in [-0.4, -0.2) is 46.0 Å². The average Bonchev–Trinajstić information content (AvgIpc) is 2.47. The van der Waals surface area contributed by atoms with Gasteiger partial charge in [-0.15, -0.1) is 24.0 Å². The normalized spacial score (nSPS) is 11.9.